The molecule has 0 aromatic heterocycles. The van der Waals surface area contributed by atoms with Crippen molar-refractivity contribution in [3.8, 4) is 0 Å². The minimum absolute atomic E-state index is 0.0467. The van der Waals surface area contributed by atoms with E-state index >= 15 is 0 Å². The van der Waals surface area contributed by atoms with Crippen LogP contribution in [0.25, 0.3) is 0 Å². The Morgan fingerprint density at radius 1 is 0.712 bits per heavy atom. The Morgan fingerprint density at radius 2 is 1.29 bits per heavy atom. The third-order valence-corrected chi connectivity index (χ3v) is 8.36. The normalized spacial score (nSPS) is 13.1. The molecule has 0 radical (unpaired) electrons. The quantitative estimate of drug-likeness (QED) is 0.0256. The van der Waals surface area contributed by atoms with Crippen molar-refractivity contribution >= 4 is 70.0 Å². The summed E-state index contributed by atoms with van der Waals surface area (Å²) in [6.07, 6.45) is 0.802. The van der Waals surface area contributed by atoms with E-state index in [1.54, 1.807) is 12.1 Å². The predicted molar refractivity (Wildman–Crippen MR) is 210 cm³/mol. The molecular formula is C35H48N12O12. The van der Waals surface area contributed by atoms with Crippen LogP contribution in [0.3, 0.4) is 0 Å². The van der Waals surface area contributed by atoms with Gasteiger partial charge in [0.2, 0.25) is 41.4 Å². The topological polar surface area (TPSA) is 371 Å². The van der Waals surface area contributed by atoms with Crippen LogP contribution < -0.4 is 54.0 Å². The van der Waals surface area contributed by atoms with E-state index in [0.717, 1.165) is 12.1 Å². The van der Waals surface area contributed by atoms with Crippen molar-refractivity contribution in [3.63, 3.8) is 0 Å². The van der Waals surface area contributed by atoms with Crippen LogP contribution in [0.1, 0.15) is 57.3 Å². The molecule has 12 N–H and O–H groups in total. The lowest BCUT2D eigenvalue weighted by molar-refractivity contribution is -0.393. The smallest absolute Gasteiger partial charge is 0.299 e. The molecule has 8 amide bonds. The minimum Gasteiger partial charge on any atom is -0.398 e. The van der Waals surface area contributed by atoms with Crippen molar-refractivity contribution in [1.82, 2.24) is 37.2 Å². The summed E-state index contributed by atoms with van der Waals surface area (Å²) in [5, 5.41) is 42.1. The maximum Gasteiger partial charge on any atom is 0.299 e. The van der Waals surface area contributed by atoms with Crippen LogP contribution in [-0.2, 0) is 33.6 Å². The zero-order chi connectivity index (χ0) is 44.4. The molecule has 0 aliphatic carbocycles. The number of hydrogen-bond donors (Lipinski definition) is 10. The fraction of sp³-hybridized carbons (Fsp3) is 0.429. The first kappa shape index (κ1) is 47.8. The molecule has 0 saturated carbocycles. The van der Waals surface area contributed by atoms with Crippen LogP contribution in [0, 0.1) is 20.2 Å². The summed E-state index contributed by atoms with van der Waals surface area (Å²) < 4.78 is 0. The molecule has 2 rings (SSSR count). The number of rotatable bonds is 23. The van der Waals surface area contributed by atoms with Crippen molar-refractivity contribution < 1.29 is 48.2 Å². The van der Waals surface area contributed by atoms with Crippen LogP contribution >= 0.6 is 0 Å². The molecule has 320 valence electrons. The highest BCUT2D eigenvalue weighted by molar-refractivity contribution is 6.01. The summed E-state index contributed by atoms with van der Waals surface area (Å²) in [7, 11) is 0. The number of benzene rings is 2. The number of unbranched alkanes of at least 4 members (excludes halogenated alkanes) is 1. The zero-order valence-electron chi connectivity index (χ0n) is 32.6. The Bertz CT molecular complexity index is 1930. The van der Waals surface area contributed by atoms with E-state index in [1.807, 2.05) is 0 Å². The molecule has 5 atom stereocenters. The number of nitrogens with zero attached hydrogens (tertiary/aromatic N) is 2. The van der Waals surface area contributed by atoms with Crippen molar-refractivity contribution in [2.45, 2.75) is 77.2 Å². The number of primary amides is 1. The Labute approximate surface area is 337 Å². The lowest BCUT2D eigenvalue weighted by atomic mass is 10.1. The highest BCUT2D eigenvalue weighted by atomic mass is 16.6. The van der Waals surface area contributed by atoms with Gasteiger partial charge in [-0.2, -0.15) is 0 Å². The number of nitrogen functional groups attached to an aromatic ring is 1. The number of carbonyl (C=O) groups is 8. The second-order valence-electron chi connectivity index (χ2n) is 13.1. The van der Waals surface area contributed by atoms with E-state index < -0.39 is 106 Å². The number of nitrogens with one attached hydrogen (secondary N) is 8. The second kappa shape index (κ2) is 23.0. The molecule has 2 aromatic rings. The van der Waals surface area contributed by atoms with E-state index in [2.05, 4.69) is 42.5 Å². The Hall–Kier alpha value is -7.40. The van der Waals surface area contributed by atoms with E-state index in [1.165, 1.54) is 39.8 Å². The third kappa shape index (κ3) is 15.9. The maximum atomic E-state index is 13.4. The summed E-state index contributed by atoms with van der Waals surface area (Å²) in [5.41, 5.74) is 10.1. The van der Waals surface area contributed by atoms with E-state index in [0.29, 0.717) is 18.9 Å². The summed E-state index contributed by atoms with van der Waals surface area (Å²) >= 11 is 0. The largest absolute Gasteiger partial charge is 0.398 e. The van der Waals surface area contributed by atoms with Gasteiger partial charge in [-0.25, -0.2) is 0 Å². The Balaban J connectivity index is 2.01. The zero-order valence-corrected chi connectivity index (χ0v) is 32.6. The highest BCUT2D eigenvalue weighted by Crippen LogP contribution is 2.28. The average Bonchev–Trinajstić information content (AvgIpc) is 3.17. The molecule has 59 heavy (non-hydrogen) atoms. The number of nitrogens with two attached hydrogens (primary N) is 2. The number of non-ortho nitro benzene ring substituents is 1. The Morgan fingerprint density at radius 3 is 1.86 bits per heavy atom. The lowest BCUT2D eigenvalue weighted by Gasteiger charge is -2.24. The predicted octanol–water partition coefficient (Wildman–Crippen LogP) is -1.80. The van der Waals surface area contributed by atoms with Gasteiger partial charge in [0.15, 0.2) is 0 Å². The standard InChI is InChI=1S/C35H48N12O12/c1-18(41-29(49)17-40-34(54)23-9-5-6-10-24(23)36)32(52)44-26(11-7-8-14-38-21(4)48)35(55)43-19(2)31(51)42-20(3)33(53)45-27(30(37)50)16-39-25-13-12-22(46(56)57)15-28(25)47(58)59/h5-6,9-10,12-13,15,18-20,26-27,39H,7-8,11,14,16-17,36H2,1-4H3,(H2,37,50)(H,38,48)(H,40,54)(H,41,49)(H,42,51)(H,43,55)(H,44,52)(H,45,53)/t18-,19-,20-,26-,27-/m0/s1. The fourth-order valence-electron chi connectivity index (χ4n) is 5.07. The molecule has 2 aromatic carbocycles. The van der Waals surface area contributed by atoms with Crippen LogP contribution in [0.4, 0.5) is 22.7 Å². The summed E-state index contributed by atoms with van der Waals surface area (Å²) in [5.74, 6) is -6.00. The van der Waals surface area contributed by atoms with Gasteiger partial charge in [-0.15, -0.1) is 0 Å². The average molecular weight is 829 g/mol. The molecule has 24 nitrogen and oxygen atoms in total. The Kier molecular flexibility index (Phi) is 18.6. The number of anilines is 2. The summed E-state index contributed by atoms with van der Waals surface area (Å²) in [6.45, 7) is 4.54. The molecule has 0 fully saturated rings. The van der Waals surface area contributed by atoms with Gasteiger partial charge in [0.25, 0.3) is 17.3 Å². The summed E-state index contributed by atoms with van der Waals surface area (Å²) in [6, 6.07) is 2.47. The van der Waals surface area contributed by atoms with Crippen molar-refractivity contribution in [2.24, 2.45) is 5.73 Å². The maximum absolute atomic E-state index is 13.4. The molecule has 0 aliphatic rings. The number of nitro benzene ring substituents is 2. The van der Waals surface area contributed by atoms with Crippen LogP contribution in [0.2, 0.25) is 0 Å². The number of carbonyl (C=O) groups excluding carboxylic acids is 8. The molecule has 0 spiro atoms. The van der Waals surface area contributed by atoms with Gasteiger partial charge >= 0.3 is 0 Å². The van der Waals surface area contributed by atoms with Gasteiger partial charge < -0.3 is 54.0 Å². The van der Waals surface area contributed by atoms with E-state index in [9.17, 15) is 58.6 Å². The molecule has 24 heteroatoms. The van der Waals surface area contributed by atoms with Gasteiger partial charge in [0.1, 0.15) is 35.9 Å². The van der Waals surface area contributed by atoms with Crippen molar-refractivity contribution in [2.75, 3.05) is 30.7 Å². The number of para-hydroxylation sites is 1. The van der Waals surface area contributed by atoms with Gasteiger partial charge in [-0.3, -0.25) is 58.6 Å². The van der Waals surface area contributed by atoms with Gasteiger partial charge in [0.05, 0.1) is 28.0 Å². The first-order valence-corrected chi connectivity index (χ1v) is 18.1. The molecular weight excluding hydrogens is 780 g/mol. The minimum atomic E-state index is -1.47. The number of amides is 8. The number of hydrogen-bond acceptors (Lipinski definition) is 14. The SMILES string of the molecule is CC(=O)NCCCC[C@H](NC(=O)[C@H](C)NC(=O)CNC(=O)c1ccccc1N)C(=O)N[C@@H](C)C(=O)N[C@@H](C)C(=O)N[C@@H](CNc1ccc([N+](=O)[O-])cc1[N+](=O)[O-])C(N)=O. The molecule has 0 aliphatic heterocycles. The molecule has 0 saturated heterocycles. The van der Waals surface area contributed by atoms with E-state index in [-0.39, 0.29) is 35.8 Å². The van der Waals surface area contributed by atoms with E-state index in [4.69, 9.17) is 11.5 Å². The monoisotopic (exact) mass is 828 g/mol. The van der Waals surface area contributed by atoms with Gasteiger partial charge in [-0.05, 0) is 58.2 Å². The molecule has 0 bridgehead atoms. The van der Waals surface area contributed by atoms with Gasteiger partial charge in [-0.1, -0.05) is 12.1 Å². The van der Waals surface area contributed by atoms with Crippen LogP contribution in [0.15, 0.2) is 42.5 Å². The molecule has 0 unspecified atom stereocenters. The fourth-order valence-corrected chi connectivity index (χ4v) is 5.07. The lowest BCUT2D eigenvalue weighted by Crippen LogP contribution is -2.58. The highest BCUT2D eigenvalue weighted by Gasteiger charge is 2.29. The van der Waals surface area contributed by atoms with Crippen LogP contribution in [0.5, 0.6) is 0 Å². The van der Waals surface area contributed by atoms with Crippen LogP contribution in [-0.4, -0.2) is 107 Å². The molecule has 0 heterocycles. The van der Waals surface area contributed by atoms with Gasteiger partial charge in [0, 0.05) is 31.8 Å². The first-order valence-electron chi connectivity index (χ1n) is 18.1. The van der Waals surface area contributed by atoms with Crippen molar-refractivity contribution in [1.29, 1.82) is 0 Å². The first-order chi connectivity index (χ1) is 27.7. The third-order valence-electron chi connectivity index (χ3n) is 8.36. The van der Waals surface area contributed by atoms with Crippen molar-refractivity contribution in [3.05, 3.63) is 68.3 Å². The second-order valence-corrected chi connectivity index (χ2v) is 13.1. The summed E-state index contributed by atoms with van der Waals surface area (Å²) in [4.78, 5) is 121. The number of nitro groups is 2.